The number of nitrogens with zero attached hydrogens (tertiary/aromatic N) is 3. The molecule has 140 valence electrons. The van der Waals surface area contributed by atoms with E-state index < -0.39 is 0 Å². The Morgan fingerprint density at radius 3 is 2.44 bits per heavy atom. The molecule has 0 saturated carbocycles. The summed E-state index contributed by atoms with van der Waals surface area (Å²) in [6.07, 6.45) is 2.20. The molecule has 1 aromatic heterocycles. The predicted octanol–water partition coefficient (Wildman–Crippen LogP) is 6.13. The molecule has 0 aliphatic rings. The summed E-state index contributed by atoms with van der Waals surface area (Å²) in [5.74, 6) is 0.128. The molecule has 0 saturated heterocycles. The Morgan fingerprint density at radius 2 is 1.85 bits per heavy atom. The number of benzene rings is 2. The van der Waals surface area contributed by atoms with Crippen molar-refractivity contribution in [1.82, 2.24) is 15.2 Å². The van der Waals surface area contributed by atoms with E-state index in [0.717, 1.165) is 28.1 Å². The van der Waals surface area contributed by atoms with Gasteiger partial charge in [-0.05, 0) is 74.5 Å². The van der Waals surface area contributed by atoms with Crippen LogP contribution in [0.2, 0.25) is 5.02 Å². The van der Waals surface area contributed by atoms with Crippen molar-refractivity contribution in [2.24, 2.45) is 0 Å². The fourth-order valence-corrected chi connectivity index (χ4v) is 3.95. The van der Waals surface area contributed by atoms with Crippen LogP contribution in [0, 0.1) is 0 Å². The smallest absolute Gasteiger partial charge is 0.336 e. The molecule has 0 fully saturated rings. The summed E-state index contributed by atoms with van der Waals surface area (Å²) in [6.45, 7) is 3.98. The van der Waals surface area contributed by atoms with Gasteiger partial charge in [0.15, 0.2) is 0 Å². The van der Waals surface area contributed by atoms with Gasteiger partial charge in [0, 0.05) is 10.6 Å². The first kappa shape index (κ1) is 20.0. The van der Waals surface area contributed by atoms with Crippen molar-refractivity contribution in [1.29, 1.82) is 0 Å². The Labute approximate surface area is 179 Å². The molecule has 3 rings (SSSR count). The third-order valence-corrected chi connectivity index (χ3v) is 5.63. The molecular weight excluding hydrogens is 497 g/mol. The Kier molecular flexibility index (Phi) is 6.34. The molecule has 1 atom stereocenters. The minimum absolute atomic E-state index is 0.128. The van der Waals surface area contributed by atoms with Gasteiger partial charge in [-0.1, -0.05) is 35.8 Å². The van der Waals surface area contributed by atoms with Crippen LogP contribution in [0.4, 0.5) is 0 Å². The summed E-state index contributed by atoms with van der Waals surface area (Å²) in [6, 6.07) is 9.51. The first-order valence-electron chi connectivity index (χ1n) is 8.22. The van der Waals surface area contributed by atoms with Crippen LogP contribution in [0.15, 0.2) is 45.5 Å². The van der Waals surface area contributed by atoms with Gasteiger partial charge in [-0.15, -0.1) is 5.10 Å². The molecule has 1 heterocycles. The van der Waals surface area contributed by atoms with E-state index in [9.17, 15) is 5.11 Å². The fourth-order valence-electron chi connectivity index (χ4n) is 2.51. The predicted molar refractivity (Wildman–Crippen MR) is 112 cm³/mol. The summed E-state index contributed by atoms with van der Waals surface area (Å²) < 4.78 is 6.92. The Hall–Kier alpha value is -1.70. The van der Waals surface area contributed by atoms with Crippen molar-refractivity contribution in [3.05, 3.63) is 61.6 Å². The monoisotopic (exact) mass is 511 g/mol. The maximum Gasteiger partial charge on any atom is 0.336 e. The van der Waals surface area contributed by atoms with E-state index in [0.29, 0.717) is 14.6 Å². The summed E-state index contributed by atoms with van der Waals surface area (Å²) in [7, 11) is 0. The van der Waals surface area contributed by atoms with Gasteiger partial charge in [0.2, 0.25) is 0 Å². The number of halogens is 3. The van der Waals surface area contributed by atoms with Gasteiger partial charge in [-0.2, -0.15) is 0 Å². The van der Waals surface area contributed by atoms with Gasteiger partial charge in [0.05, 0.1) is 15.1 Å². The van der Waals surface area contributed by atoms with Crippen LogP contribution >= 0.6 is 43.5 Å². The third kappa shape index (κ3) is 4.59. The molecule has 0 aliphatic carbocycles. The topological polar surface area (TPSA) is 68.1 Å². The molecule has 0 amide bonds. The Bertz CT molecular complexity index is 945. The second-order valence-corrected chi connectivity index (χ2v) is 7.99. The van der Waals surface area contributed by atoms with Gasteiger partial charge in [-0.25, -0.2) is 4.98 Å². The normalized spacial score (nSPS) is 12.0. The quantitative estimate of drug-likeness (QED) is 0.445. The van der Waals surface area contributed by atoms with Crippen LogP contribution in [-0.2, 0) is 6.42 Å². The van der Waals surface area contributed by atoms with Gasteiger partial charge in [0.25, 0.3) is 0 Å². The highest BCUT2D eigenvalue weighted by molar-refractivity contribution is 9.11. The average molecular weight is 514 g/mol. The van der Waals surface area contributed by atoms with Gasteiger partial charge in [0.1, 0.15) is 17.5 Å². The molecule has 0 radical (unpaired) electrons. The van der Waals surface area contributed by atoms with Crippen molar-refractivity contribution >= 4 is 43.5 Å². The number of ether oxygens (including phenoxy) is 1. The number of aromatic nitrogens is 3. The number of phenolic OH excluding ortho intramolecular Hbond substituents is 1. The maximum absolute atomic E-state index is 9.81. The SMILES string of the molecule is CCc1cc(C(C)Oc2ncc(-c3cc(Br)c(O)c(Br)c3)nn2)ccc1Cl. The number of hydrogen-bond acceptors (Lipinski definition) is 5. The fraction of sp³-hybridized carbons (Fsp3) is 0.211. The van der Waals surface area contributed by atoms with E-state index in [-0.39, 0.29) is 17.9 Å². The molecule has 1 unspecified atom stereocenters. The Morgan fingerprint density at radius 1 is 1.15 bits per heavy atom. The highest BCUT2D eigenvalue weighted by Gasteiger charge is 2.13. The molecule has 5 nitrogen and oxygen atoms in total. The lowest BCUT2D eigenvalue weighted by molar-refractivity contribution is 0.204. The molecule has 0 bridgehead atoms. The largest absolute Gasteiger partial charge is 0.506 e. The standard InChI is InChI=1S/C19H16Br2ClN3O2/c1-3-11-6-12(4-5-16(11)22)10(2)27-19-23-9-17(24-25-19)13-7-14(20)18(26)15(21)8-13/h4-10,26H,3H2,1-2H3. The summed E-state index contributed by atoms with van der Waals surface area (Å²) in [5, 5.41) is 18.8. The first-order chi connectivity index (χ1) is 12.9. The summed E-state index contributed by atoms with van der Waals surface area (Å²) >= 11 is 12.8. The van der Waals surface area contributed by atoms with Crippen LogP contribution < -0.4 is 4.74 Å². The lowest BCUT2D eigenvalue weighted by Gasteiger charge is -2.14. The van der Waals surface area contributed by atoms with Crippen LogP contribution in [0.3, 0.4) is 0 Å². The summed E-state index contributed by atoms with van der Waals surface area (Å²) in [4.78, 5) is 4.25. The van der Waals surface area contributed by atoms with Gasteiger partial charge < -0.3 is 9.84 Å². The maximum atomic E-state index is 9.81. The van der Waals surface area contributed by atoms with E-state index in [4.69, 9.17) is 16.3 Å². The van der Waals surface area contributed by atoms with Crippen LogP contribution in [0.25, 0.3) is 11.3 Å². The molecule has 2 aromatic carbocycles. The van der Waals surface area contributed by atoms with Crippen molar-refractivity contribution in [3.63, 3.8) is 0 Å². The second-order valence-electron chi connectivity index (χ2n) is 5.88. The zero-order valence-corrected chi connectivity index (χ0v) is 18.5. The average Bonchev–Trinajstić information content (AvgIpc) is 2.66. The van der Waals surface area contributed by atoms with E-state index in [1.54, 1.807) is 18.3 Å². The molecule has 0 aliphatic heterocycles. The highest BCUT2D eigenvalue weighted by atomic mass is 79.9. The van der Waals surface area contributed by atoms with Crippen molar-refractivity contribution in [3.8, 4) is 23.0 Å². The van der Waals surface area contributed by atoms with Crippen LogP contribution in [-0.4, -0.2) is 20.3 Å². The number of aryl methyl sites for hydroxylation is 1. The number of hydrogen-bond donors (Lipinski definition) is 1. The molecule has 0 spiro atoms. The lowest BCUT2D eigenvalue weighted by Crippen LogP contribution is -2.07. The molecule has 8 heteroatoms. The van der Waals surface area contributed by atoms with E-state index in [2.05, 4.69) is 54.0 Å². The van der Waals surface area contributed by atoms with Crippen molar-refractivity contribution < 1.29 is 9.84 Å². The third-order valence-electron chi connectivity index (χ3n) is 4.06. The first-order valence-corrected chi connectivity index (χ1v) is 10.2. The number of phenols is 1. The molecule has 3 aromatic rings. The minimum Gasteiger partial charge on any atom is -0.506 e. The van der Waals surface area contributed by atoms with E-state index >= 15 is 0 Å². The van der Waals surface area contributed by atoms with Crippen LogP contribution in [0.1, 0.15) is 31.1 Å². The van der Waals surface area contributed by atoms with Crippen molar-refractivity contribution in [2.45, 2.75) is 26.4 Å². The van der Waals surface area contributed by atoms with Gasteiger partial charge in [-0.3, -0.25) is 0 Å². The second kappa shape index (κ2) is 8.54. The Balaban J connectivity index is 1.78. The van der Waals surface area contributed by atoms with Gasteiger partial charge >= 0.3 is 6.01 Å². The molecule has 1 N–H and O–H groups in total. The molecule has 27 heavy (non-hydrogen) atoms. The highest BCUT2D eigenvalue weighted by Crippen LogP contribution is 2.36. The van der Waals surface area contributed by atoms with E-state index in [1.165, 1.54) is 0 Å². The lowest BCUT2D eigenvalue weighted by atomic mass is 10.1. The minimum atomic E-state index is -0.239. The number of rotatable bonds is 5. The molecular formula is C19H16Br2ClN3O2. The van der Waals surface area contributed by atoms with Crippen molar-refractivity contribution in [2.75, 3.05) is 0 Å². The summed E-state index contributed by atoms with van der Waals surface area (Å²) in [5.41, 5.74) is 3.39. The number of aromatic hydroxyl groups is 1. The zero-order chi connectivity index (χ0) is 19.6. The zero-order valence-electron chi connectivity index (χ0n) is 14.6. The van der Waals surface area contributed by atoms with Crippen LogP contribution in [0.5, 0.6) is 11.8 Å². The van der Waals surface area contributed by atoms with E-state index in [1.807, 2.05) is 25.1 Å².